The van der Waals surface area contributed by atoms with Gasteiger partial charge in [0.15, 0.2) is 11.5 Å². The van der Waals surface area contributed by atoms with E-state index in [4.69, 9.17) is 14.2 Å². The second-order valence-electron chi connectivity index (χ2n) is 5.10. The van der Waals surface area contributed by atoms with Gasteiger partial charge in [0.1, 0.15) is 30.6 Å². The van der Waals surface area contributed by atoms with Gasteiger partial charge in [-0.25, -0.2) is 0 Å². The van der Waals surface area contributed by atoms with Gasteiger partial charge in [-0.15, -0.1) is 0 Å². The summed E-state index contributed by atoms with van der Waals surface area (Å²) in [6.45, 7) is 0.989. The summed E-state index contributed by atoms with van der Waals surface area (Å²) in [6, 6.07) is 14.1. The van der Waals surface area contributed by atoms with Crippen molar-refractivity contribution in [1.82, 2.24) is 0 Å². The fourth-order valence-electron chi connectivity index (χ4n) is 2.44. The summed E-state index contributed by atoms with van der Waals surface area (Å²) < 4.78 is 16.2. The number of allylic oxidation sites excluding steroid dienone is 1. The molecular formula is C19H15NO4. The van der Waals surface area contributed by atoms with E-state index in [1.807, 2.05) is 6.07 Å². The molecule has 0 fully saturated rings. The van der Waals surface area contributed by atoms with E-state index in [0.717, 1.165) is 0 Å². The number of ketones is 1. The van der Waals surface area contributed by atoms with Crippen LogP contribution in [0.1, 0.15) is 15.9 Å². The molecule has 2 aromatic rings. The molecule has 0 aliphatic carbocycles. The van der Waals surface area contributed by atoms with Crippen molar-refractivity contribution in [3.8, 4) is 23.3 Å². The third kappa shape index (κ3) is 3.08. The molecule has 0 atom stereocenters. The number of Topliss-reactive ketones (excluding diaryl/α,β-unsaturated/α-hetero) is 1. The zero-order valence-electron chi connectivity index (χ0n) is 13.1. The van der Waals surface area contributed by atoms with Crippen LogP contribution >= 0.6 is 0 Å². The highest BCUT2D eigenvalue weighted by Crippen LogP contribution is 2.31. The molecule has 2 aromatic carbocycles. The zero-order valence-corrected chi connectivity index (χ0v) is 13.1. The molecule has 1 heterocycles. The minimum absolute atomic E-state index is 0.0242. The van der Waals surface area contributed by atoms with Gasteiger partial charge in [-0.2, -0.15) is 5.26 Å². The Balaban J connectivity index is 1.95. The molecule has 0 saturated carbocycles. The first-order valence-corrected chi connectivity index (χ1v) is 7.42. The number of para-hydroxylation sites is 1. The van der Waals surface area contributed by atoms with E-state index >= 15 is 0 Å². The monoisotopic (exact) mass is 321 g/mol. The van der Waals surface area contributed by atoms with E-state index in [-0.39, 0.29) is 11.4 Å². The van der Waals surface area contributed by atoms with Gasteiger partial charge in [0.2, 0.25) is 5.78 Å². The highest BCUT2D eigenvalue weighted by atomic mass is 16.6. The predicted molar refractivity (Wildman–Crippen MR) is 88.3 cm³/mol. The maximum absolute atomic E-state index is 12.6. The molecule has 3 rings (SSSR count). The number of nitriles is 1. The number of fused-ring (bicyclic) bond motifs is 1. The van der Waals surface area contributed by atoms with Gasteiger partial charge in [-0.3, -0.25) is 4.79 Å². The molecule has 0 radical (unpaired) electrons. The fraction of sp³-hybridized carbons (Fsp3) is 0.158. The number of hydrogen-bond acceptors (Lipinski definition) is 5. The second-order valence-corrected chi connectivity index (χ2v) is 5.10. The lowest BCUT2D eigenvalue weighted by molar-refractivity contribution is 0.103. The third-order valence-electron chi connectivity index (χ3n) is 3.59. The summed E-state index contributed by atoms with van der Waals surface area (Å²) in [5.41, 5.74) is 1.07. The first-order chi connectivity index (χ1) is 11.7. The lowest BCUT2D eigenvalue weighted by Crippen LogP contribution is -2.15. The molecule has 1 aliphatic rings. The van der Waals surface area contributed by atoms with Crippen LogP contribution in [0, 0.1) is 11.3 Å². The van der Waals surface area contributed by atoms with E-state index in [2.05, 4.69) is 0 Å². The Hall–Kier alpha value is -3.26. The average Bonchev–Trinajstić information content (AvgIpc) is 2.65. The Morgan fingerprint density at radius 1 is 1.17 bits per heavy atom. The quantitative estimate of drug-likeness (QED) is 0.491. The minimum Gasteiger partial charge on any atom is -0.496 e. The van der Waals surface area contributed by atoms with Crippen molar-refractivity contribution in [2.24, 2.45) is 0 Å². The highest BCUT2D eigenvalue weighted by Gasteiger charge is 2.17. The number of carbonyl (C=O) groups is 1. The Morgan fingerprint density at radius 3 is 2.67 bits per heavy atom. The number of nitrogens with zero attached hydrogens (tertiary/aromatic N) is 1. The molecule has 5 nitrogen and oxygen atoms in total. The number of ether oxygens (including phenoxy) is 3. The maximum Gasteiger partial charge on any atom is 0.207 e. The summed E-state index contributed by atoms with van der Waals surface area (Å²) in [5, 5.41) is 9.39. The maximum atomic E-state index is 12.6. The lowest BCUT2D eigenvalue weighted by Gasteiger charge is -2.18. The van der Waals surface area contributed by atoms with Crippen LogP contribution in [0.15, 0.2) is 48.0 Å². The zero-order chi connectivity index (χ0) is 16.9. The van der Waals surface area contributed by atoms with Crippen LogP contribution in [-0.2, 0) is 0 Å². The van der Waals surface area contributed by atoms with E-state index in [1.54, 1.807) is 42.5 Å². The van der Waals surface area contributed by atoms with Gasteiger partial charge in [0.05, 0.1) is 12.7 Å². The molecule has 5 heteroatoms. The number of rotatable bonds is 4. The van der Waals surface area contributed by atoms with Crippen LogP contribution < -0.4 is 14.2 Å². The Morgan fingerprint density at radius 2 is 1.92 bits per heavy atom. The summed E-state index contributed by atoms with van der Waals surface area (Å²) in [6.07, 6.45) is 1.53. The SMILES string of the molecule is COc1ccccc1C(=O)/C(C#N)=C\c1ccc2c(c1)OCCO2. The molecule has 0 saturated heterocycles. The Kier molecular flexibility index (Phi) is 4.48. The molecule has 0 N–H and O–H groups in total. The summed E-state index contributed by atoms with van der Waals surface area (Å²) in [5.74, 6) is 1.32. The summed E-state index contributed by atoms with van der Waals surface area (Å²) in [7, 11) is 1.49. The molecule has 0 aromatic heterocycles. The van der Waals surface area contributed by atoms with Crippen LogP contribution in [0.2, 0.25) is 0 Å². The normalized spacial score (nSPS) is 13.1. The summed E-state index contributed by atoms with van der Waals surface area (Å²) >= 11 is 0. The van der Waals surface area contributed by atoms with Crippen molar-refractivity contribution >= 4 is 11.9 Å². The fourth-order valence-corrected chi connectivity index (χ4v) is 2.44. The van der Waals surface area contributed by atoms with Gasteiger partial charge in [0.25, 0.3) is 0 Å². The van der Waals surface area contributed by atoms with Gasteiger partial charge in [-0.05, 0) is 35.9 Å². The number of methoxy groups -OCH3 is 1. The van der Waals surface area contributed by atoms with Crippen LogP contribution in [0.25, 0.3) is 6.08 Å². The van der Waals surface area contributed by atoms with Crippen molar-refractivity contribution < 1.29 is 19.0 Å². The smallest absolute Gasteiger partial charge is 0.207 e. The third-order valence-corrected chi connectivity index (χ3v) is 3.59. The van der Waals surface area contributed by atoms with E-state index in [0.29, 0.717) is 41.6 Å². The minimum atomic E-state index is -0.384. The van der Waals surface area contributed by atoms with Crippen molar-refractivity contribution in [3.05, 3.63) is 59.2 Å². The van der Waals surface area contributed by atoms with Crippen molar-refractivity contribution in [2.75, 3.05) is 20.3 Å². The standard InChI is InChI=1S/C19H15NO4/c1-22-16-5-3-2-4-15(16)19(21)14(12-20)10-13-6-7-17-18(11-13)24-9-8-23-17/h2-7,10-11H,8-9H2,1H3/b14-10-. The van der Waals surface area contributed by atoms with E-state index in [1.165, 1.54) is 13.2 Å². The van der Waals surface area contributed by atoms with Crippen LogP contribution in [0.5, 0.6) is 17.2 Å². The van der Waals surface area contributed by atoms with Crippen LogP contribution in [0.4, 0.5) is 0 Å². The van der Waals surface area contributed by atoms with Gasteiger partial charge < -0.3 is 14.2 Å². The second kappa shape index (κ2) is 6.88. The van der Waals surface area contributed by atoms with Gasteiger partial charge in [-0.1, -0.05) is 18.2 Å². The number of benzene rings is 2. The Bertz CT molecular complexity index is 849. The van der Waals surface area contributed by atoms with Crippen LogP contribution in [-0.4, -0.2) is 26.1 Å². The van der Waals surface area contributed by atoms with Crippen molar-refractivity contribution in [3.63, 3.8) is 0 Å². The lowest BCUT2D eigenvalue weighted by atomic mass is 10.0. The topological polar surface area (TPSA) is 68.6 Å². The van der Waals surface area contributed by atoms with Gasteiger partial charge >= 0.3 is 0 Å². The first kappa shape index (κ1) is 15.6. The predicted octanol–water partition coefficient (Wildman–Crippen LogP) is 3.26. The molecule has 0 bridgehead atoms. The van der Waals surface area contributed by atoms with E-state index < -0.39 is 0 Å². The van der Waals surface area contributed by atoms with Gasteiger partial charge in [0, 0.05) is 0 Å². The average molecular weight is 321 g/mol. The van der Waals surface area contributed by atoms with E-state index in [9.17, 15) is 10.1 Å². The number of carbonyl (C=O) groups excluding carboxylic acids is 1. The van der Waals surface area contributed by atoms with Crippen LogP contribution in [0.3, 0.4) is 0 Å². The molecule has 1 aliphatic heterocycles. The molecule has 24 heavy (non-hydrogen) atoms. The molecule has 0 amide bonds. The largest absolute Gasteiger partial charge is 0.496 e. The van der Waals surface area contributed by atoms with Crippen molar-refractivity contribution in [2.45, 2.75) is 0 Å². The molecule has 0 spiro atoms. The Labute approximate surface area is 139 Å². The number of hydrogen-bond donors (Lipinski definition) is 0. The van der Waals surface area contributed by atoms with Crippen molar-refractivity contribution in [1.29, 1.82) is 5.26 Å². The molecular weight excluding hydrogens is 306 g/mol. The first-order valence-electron chi connectivity index (χ1n) is 7.42. The highest BCUT2D eigenvalue weighted by molar-refractivity contribution is 6.15. The molecule has 0 unspecified atom stereocenters. The molecule has 120 valence electrons. The summed E-state index contributed by atoms with van der Waals surface area (Å²) in [4.78, 5) is 12.6.